The van der Waals surface area contributed by atoms with Crippen LogP contribution in [-0.2, 0) is 26.7 Å². The summed E-state index contributed by atoms with van der Waals surface area (Å²) in [6.07, 6.45) is 0.304. The maximum Gasteiger partial charge on any atom is 0.294 e. The molecule has 112 valence electrons. The second-order valence-corrected chi connectivity index (χ2v) is 6.75. The van der Waals surface area contributed by atoms with Crippen LogP contribution in [0.15, 0.2) is 21.9 Å². The van der Waals surface area contributed by atoms with Crippen molar-refractivity contribution in [3.8, 4) is 0 Å². The normalized spacial score (nSPS) is 12.3. The minimum Gasteiger partial charge on any atom is -0.545 e. The number of rotatable bonds is 5. The molecule has 0 bridgehead atoms. The molecule has 0 heterocycles. The van der Waals surface area contributed by atoms with E-state index in [1.807, 2.05) is 0 Å². The van der Waals surface area contributed by atoms with Gasteiger partial charge in [0.25, 0.3) is 20.2 Å². The van der Waals surface area contributed by atoms with Gasteiger partial charge in [-0.05, 0) is 24.1 Å². The van der Waals surface area contributed by atoms with Gasteiger partial charge in [0.1, 0.15) is 0 Å². The van der Waals surface area contributed by atoms with E-state index in [0.717, 1.165) is 0 Å². The smallest absolute Gasteiger partial charge is 0.294 e. The zero-order chi connectivity index (χ0) is 15.7. The standard InChI is InChI=1S/C10H12O8S2/c1-2-3-7-8(10(11)12)4-6(19(13,14)15)5-9(7)20(16,17)18/h4-5H,2-3H2,1H3,(H,11,12)(H,13,14,15)(H,16,17,18)/p-1. The number of hydrogen-bond donors (Lipinski definition) is 2. The van der Waals surface area contributed by atoms with E-state index in [4.69, 9.17) is 9.11 Å². The van der Waals surface area contributed by atoms with Gasteiger partial charge in [0.05, 0.1) is 15.8 Å². The van der Waals surface area contributed by atoms with E-state index in [2.05, 4.69) is 0 Å². The summed E-state index contributed by atoms with van der Waals surface area (Å²) < 4.78 is 62.5. The van der Waals surface area contributed by atoms with Crippen molar-refractivity contribution in [2.45, 2.75) is 29.6 Å². The van der Waals surface area contributed by atoms with Crippen LogP contribution in [-0.4, -0.2) is 31.9 Å². The topological polar surface area (TPSA) is 149 Å². The van der Waals surface area contributed by atoms with Crippen molar-refractivity contribution in [1.29, 1.82) is 0 Å². The lowest BCUT2D eigenvalue weighted by molar-refractivity contribution is -0.255. The maximum atomic E-state index is 11.2. The van der Waals surface area contributed by atoms with Gasteiger partial charge < -0.3 is 9.90 Å². The first kappa shape index (κ1) is 16.6. The number of aromatic carboxylic acids is 1. The summed E-state index contributed by atoms with van der Waals surface area (Å²) in [4.78, 5) is 9.16. The van der Waals surface area contributed by atoms with E-state index in [1.165, 1.54) is 0 Å². The Morgan fingerprint density at radius 3 is 2.05 bits per heavy atom. The Balaban J connectivity index is 3.88. The number of carbonyl (C=O) groups is 1. The van der Waals surface area contributed by atoms with E-state index >= 15 is 0 Å². The van der Waals surface area contributed by atoms with Crippen molar-refractivity contribution < 1.29 is 35.8 Å². The van der Waals surface area contributed by atoms with Gasteiger partial charge in [0, 0.05) is 5.56 Å². The highest BCUT2D eigenvalue weighted by Crippen LogP contribution is 2.26. The van der Waals surface area contributed by atoms with Gasteiger partial charge in [-0.15, -0.1) is 0 Å². The van der Waals surface area contributed by atoms with Crippen LogP contribution in [0.1, 0.15) is 29.3 Å². The van der Waals surface area contributed by atoms with Crippen LogP contribution in [0.4, 0.5) is 0 Å². The Morgan fingerprint density at radius 1 is 1.15 bits per heavy atom. The van der Waals surface area contributed by atoms with Crippen LogP contribution in [0.25, 0.3) is 0 Å². The Morgan fingerprint density at radius 2 is 1.70 bits per heavy atom. The summed E-state index contributed by atoms with van der Waals surface area (Å²) in [6, 6.07) is 1.09. The Bertz CT molecular complexity index is 746. The maximum absolute atomic E-state index is 11.2. The molecule has 0 saturated carbocycles. The van der Waals surface area contributed by atoms with Gasteiger partial charge in [0.2, 0.25) is 0 Å². The number of hydrogen-bond acceptors (Lipinski definition) is 6. The molecule has 0 unspecified atom stereocenters. The minimum absolute atomic E-state index is 0.0375. The molecule has 0 amide bonds. The lowest BCUT2D eigenvalue weighted by Gasteiger charge is -2.15. The Hall–Kier alpha value is -1.49. The number of carbonyl (C=O) groups excluding carboxylic acids is 1. The van der Waals surface area contributed by atoms with Gasteiger partial charge in [-0.2, -0.15) is 16.8 Å². The SMILES string of the molecule is CCCc1c(C(=O)[O-])cc(S(=O)(=O)O)cc1S(=O)(=O)O. The fourth-order valence-electron chi connectivity index (χ4n) is 1.69. The zero-order valence-corrected chi connectivity index (χ0v) is 11.9. The lowest BCUT2D eigenvalue weighted by Crippen LogP contribution is -2.25. The molecule has 0 fully saturated rings. The number of benzene rings is 1. The van der Waals surface area contributed by atoms with Crippen LogP contribution < -0.4 is 5.11 Å². The van der Waals surface area contributed by atoms with Gasteiger partial charge in [-0.25, -0.2) is 0 Å². The molecule has 8 nitrogen and oxygen atoms in total. The van der Waals surface area contributed by atoms with Crippen LogP contribution in [0.2, 0.25) is 0 Å². The lowest BCUT2D eigenvalue weighted by atomic mass is 10.0. The molecular formula is C10H11O8S2-. The molecule has 0 spiro atoms. The average molecular weight is 323 g/mol. The zero-order valence-electron chi connectivity index (χ0n) is 10.2. The minimum atomic E-state index is -4.86. The molecule has 1 aromatic carbocycles. The molecule has 20 heavy (non-hydrogen) atoms. The van der Waals surface area contributed by atoms with Crippen molar-refractivity contribution in [1.82, 2.24) is 0 Å². The second kappa shape index (κ2) is 5.48. The molecular weight excluding hydrogens is 312 g/mol. The summed E-state index contributed by atoms with van der Waals surface area (Å²) in [5.41, 5.74) is -0.989. The van der Waals surface area contributed by atoms with E-state index < -0.39 is 41.6 Å². The summed E-state index contributed by atoms with van der Waals surface area (Å²) in [6.45, 7) is 1.63. The molecule has 10 heteroatoms. The molecule has 1 rings (SSSR count). The highest BCUT2D eigenvalue weighted by atomic mass is 32.2. The molecule has 0 aromatic heterocycles. The predicted molar refractivity (Wildman–Crippen MR) is 64.4 cm³/mol. The van der Waals surface area contributed by atoms with Crippen LogP contribution in [0.5, 0.6) is 0 Å². The first-order valence-corrected chi connectivity index (χ1v) is 8.19. The van der Waals surface area contributed by atoms with Crippen molar-refractivity contribution in [3.05, 3.63) is 23.3 Å². The van der Waals surface area contributed by atoms with Crippen molar-refractivity contribution in [2.75, 3.05) is 0 Å². The molecule has 2 N–H and O–H groups in total. The average Bonchev–Trinajstić information content (AvgIpc) is 2.26. The van der Waals surface area contributed by atoms with Gasteiger partial charge in [-0.1, -0.05) is 13.3 Å². The van der Waals surface area contributed by atoms with Gasteiger partial charge in [-0.3, -0.25) is 9.11 Å². The Labute approximate surface area is 115 Å². The summed E-state index contributed by atoms with van der Waals surface area (Å²) >= 11 is 0. The van der Waals surface area contributed by atoms with Crippen LogP contribution in [0.3, 0.4) is 0 Å². The third kappa shape index (κ3) is 3.54. The number of carboxylic acid groups (broad SMARTS) is 1. The summed E-state index contributed by atoms with van der Waals surface area (Å²) in [7, 11) is -9.70. The molecule has 0 radical (unpaired) electrons. The fraction of sp³-hybridized carbons (Fsp3) is 0.300. The van der Waals surface area contributed by atoms with Crippen LogP contribution in [0, 0.1) is 0 Å². The quantitative estimate of drug-likeness (QED) is 0.688. The largest absolute Gasteiger partial charge is 0.545 e. The van der Waals surface area contributed by atoms with Crippen molar-refractivity contribution in [3.63, 3.8) is 0 Å². The van der Waals surface area contributed by atoms with Crippen molar-refractivity contribution in [2.24, 2.45) is 0 Å². The van der Waals surface area contributed by atoms with Crippen molar-refractivity contribution >= 4 is 26.2 Å². The monoisotopic (exact) mass is 323 g/mol. The fourth-order valence-corrected chi connectivity index (χ4v) is 3.10. The first-order valence-electron chi connectivity index (χ1n) is 5.31. The molecule has 0 atom stereocenters. The van der Waals surface area contributed by atoms with Gasteiger partial charge in [0.15, 0.2) is 0 Å². The third-order valence-electron chi connectivity index (χ3n) is 2.48. The van der Waals surface area contributed by atoms with E-state index in [0.29, 0.717) is 18.6 Å². The van der Waals surface area contributed by atoms with E-state index in [1.54, 1.807) is 6.92 Å². The number of carboxylic acids is 1. The molecule has 0 aliphatic rings. The van der Waals surface area contributed by atoms with E-state index in [9.17, 15) is 26.7 Å². The Kier molecular flexibility index (Phi) is 4.54. The molecule has 0 saturated heterocycles. The second-order valence-electron chi connectivity index (χ2n) is 3.94. The third-order valence-corrected chi connectivity index (χ3v) is 4.23. The first-order chi connectivity index (χ1) is 8.98. The van der Waals surface area contributed by atoms with Crippen LogP contribution >= 0.6 is 0 Å². The van der Waals surface area contributed by atoms with Gasteiger partial charge >= 0.3 is 0 Å². The molecule has 0 aliphatic carbocycles. The highest BCUT2D eigenvalue weighted by molar-refractivity contribution is 7.86. The molecule has 1 aromatic rings. The predicted octanol–water partition coefficient (Wildman–Crippen LogP) is -0.504. The molecule has 0 aliphatic heterocycles. The highest BCUT2D eigenvalue weighted by Gasteiger charge is 2.23. The summed E-state index contributed by atoms with van der Waals surface area (Å²) in [5, 5.41) is 11.0. The summed E-state index contributed by atoms with van der Waals surface area (Å²) in [5.74, 6) is -1.82. The van der Waals surface area contributed by atoms with E-state index in [-0.39, 0.29) is 12.0 Å².